The lowest BCUT2D eigenvalue weighted by atomic mass is 10.1. The third kappa shape index (κ3) is 5.13. The van der Waals surface area contributed by atoms with E-state index in [1.54, 1.807) is 0 Å². The molecule has 1 aromatic heterocycles. The minimum absolute atomic E-state index is 0.477. The molecule has 15 heteroatoms. The van der Waals surface area contributed by atoms with Gasteiger partial charge >= 0.3 is 6.18 Å². The second-order valence-corrected chi connectivity index (χ2v) is 8.29. The maximum Gasteiger partial charge on any atom is 0.404 e. The normalized spacial score (nSPS) is 13.5. The first-order chi connectivity index (χ1) is 14.1. The molecule has 0 saturated heterocycles. The molecule has 1 atom stereocenters. The van der Waals surface area contributed by atoms with Crippen LogP contribution in [0.3, 0.4) is 0 Å². The van der Waals surface area contributed by atoms with Crippen LogP contribution in [0, 0.1) is 11.6 Å². The summed E-state index contributed by atoms with van der Waals surface area (Å²) in [5.41, 5.74) is -3.08. The summed E-state index contributed by atoms with van der Waals surface area (Å²) >= 11 is 5.86. The third-order valence-electron chi connectivity index (χ3n) is 4.01. The van der Waals surface area contributed by atoms with Crippen molar-refractivity contribution in [2.24, 2.45) is 7.05 Å². The van der Waals surface area contributed by atoms with Crippen molar-refractivity contribution >= 4 is 33.2 Å². The first kappa shape index (κ1) is 24.9. The van der Waals surface area contributed by atoms with Crippen molar-refractivity contribution in [2.45, 2.75) is 30.5 Å². The number of aromatic nitrogens is 1. The molecule has 0 radical (unpaired) electrons. The Morgan fingerprint density at radius 1 is 1.19 bits per heavy atom. The molecule has 0 spiro atoms. The minimum Gasteiger partial charge on any atom is -0.344 e. The van der Waals surface area contributed by atoms with Crippen LogP contribution in [0.4, 0.5) is 36.4 Å². The minimum atomic E-state index is -4.91. The monoisotopic (exact) mass is 495 g/mol. The van der Waals surface area contributed by atoms with Crippen LogP contribution >= 0.6 is 11.6 Å². The number of carbonyl (C=O) groups excluding carboxylic acids is 1. The second-order valence-electron chi connectivity index (χ2n) is 6.23. The standard InChI is InChI=1S/C16H13ClF7N3O3S/c1-6(16(22,23)24)26-31(29,30)9-5-27(2)13(11(9)17)15(28)25-8-4-3-7(18)10(12(8)19)14(20)21/h3-6,14,26H,1-2H3,(H,25,28)/t6-/m1/s1. The van der Waals surface area contributed by atoms with Crippen LogP contribution in [0.15, 0.2) is 23.2 Å². The maximum absolute atomic E-state index is 14.1. The van der Waals surface area contributed by atoms with E-state index in [9.17, 15) is 43.9 Å². The van der Waals surface area contributed by atoms with Gasteiger partial charge in [-0.15, -0.1) is 0 Å². The molecule has 0 saturated carbocycles. The van der Waals surface area contributed by atoms with E-state index in [1.807, 2.05) is 5.32 Å². The summed E-state index contributed by atoms with van der Waals surface area (Å²) in [6.07, 6.45) is -7.71. The van der Waals surface area contributed by atoms with Crippen LogP contribution in [-0.4, -0.2) is 31.1 Å². The maximum atomic E-state index is 14.1. The van der Waals surface area contributed by atoms with Gasteiger partial charge in [0.05, 0.1) is 16.3 Å². The average molecular weight is 496 g/mol. The van der Waals surface area contributed by atoms with Crippen LogP contribution in [0.1, 0.15) is 29.4 Å². The van der Waals surface area contributed by atoms with Gasteiger partial charge in [0.25, 0.3) is 12.3 Å². The zero-order valence-corrected chi connectivity index (χ0v) is 17.1. The molecule has 31 heavy (non-hydrogen) atoms. The SMILES string of the molecule is C[C@@H](NS(=O)(=O)c1cn(C)c(C(=O)Nc2ccc(F)c(C(F)F)c2F)c1Cl)C(F)(F)F. The van der Waals surface area contributed by atoms with Crippen molar-refractivity contribution in [2.75, 3.05) is 5.32 Å². The van der Waals surface area contributed by atoms with E-state index in [0.717, 1.165) is 17.8 Å². The summed E-state index contributed by atoms with van der Waals surface area (Å²) in [6, 6.07) is -1.35. The van der Waals surface area contributed by atoms with E-state index >= 15 is 0 Å². The van der Waals surface area contributed by atoms with Gasteiger partial charge in [-0.3, -0.25) is 4.79 Å². The fourth-order valence-electron chi connectivity index (χ4n) is 2.43. The number of hydrogen-bond donors (Lipinski definition) is 2. The number of benzene rings is 1. The highest BCUT2D eigenvalue weighted by atomic mass is 35.5. The van der Waals surface area contributed by atoms with Crippen LogP contribution in [-0.2, 0) is 17.1 Å². The Morgan fingerprint density at radius 2 is 1.77 bits per heavy atom. The third-order valence-corrected chi connectivity index (χ3v) is 6.06. The lowest BCUT2D eigenvalue weighted by Gasteiger charge is -2.16. The molecule has 172 valence electrons. The molecule has 6 nitrogen and oxygen atoms in total. The molecule has 0 aliphatic carbocycles. The lowest BCUT2D eigenvalue weighted by molar-refractivity contribution is -0.147. The van der Waals surface area contributed by atoms with Gasteiger partial charge in [-0.25, -0.2) is 26.0 Å². The molecule has 2 rings (SSSR count). The van der Waals surface area contributed by atoms with E-state index < -0.39 is 73.1 Å². The van der Waals surface area contributed by atoms with Crippen LogP contribution in [0.2, 0.25) is 5.02 Å². The molecule has 1 heterocycles. The summed E-state index contributed by atoms with van der Waals surface area (Å²) in [7, 11) is -3.73. The highest BCUT2D eigenvalue weighted by molar-refractivity contribution is 7.89. The molecule has 0 fully saturated rings. The number of aryl methyl sites for hydroxylation is 1. The van der Waals surface area contributed by atoms with Gasteiger partial charge in [-0.2, -0.15) is 17.9 Å². The van der Waals surface area contributed by atoms with Gasteiger partial charge in [0.2, 0.25) is 10.0 Å². The van der Waals surface area contributed by atoms with Crippen molar-refractivity contribution in [3.63, 3.8) is 0 Å². The van der Waals surface area contributed by atoms with E-state index in [2.05, 4.69) is 0 Å². The van der Waals surface area contributed by atoms with E-state index in [0.29, 0.717) is 19.1 Å². The van der Waals surface area contributed by atoms with Crippen molar-refractivity contribution in [1.29, 1.82) is 0 Å². The van der Waals surface area contributed by atoms with Crippen LogP contribution < -0.4 is 10.0 Å². The van der Waals surface area contributed by atoms with Gasteiger partial charge < -0.3 is 9.88 Å². The predicted molar refractivity (Wildman–Crippen MR) is 95.5 cm³/mol. The summed E-state index contributed by atoms with van der Waals surface area (Å²) < 4.78 is 118. The Morgan fingerprint density at radius 3 is 2.29 bits per heavy atom. The number of nitrogens with zero attached hydrogens (tertiary/aromatic N) is 1. The van der Waals surface area contributed by atoms with Gasteiger partial charge in [0.15, 0.2) is 5.82 Å². The zero-order chi connectivity index (χ0) is 23.9. The number of alkyl halides is 5. The lowest BCUT2D eigenvalue weighted by Crippen LogP contribution is -2.42. The number of halogens is 8. The van der Waals surface area contributed by atoms with Gasteiger partial charge in [-0.05, 0) is 19.1 Å². The Labute approximate surface area is 176 Å². The van der Waals surface area contributed by atoms with E-state index in [1.165, 1.54) is 4.72 Å². The molecular formula is C16H13ClF7N3O3S. The fourth-order valence-corrected chi connectivity index (χ4v) is 4.35. The highest BCUT2D eigenvalue weighted by Gasteiger charge is 2.40. The molecular weight excluding hydrogens is 483 g/mol. The molecule has 0 aliphatic rings. The molecule has 0 aliphatic heterocycles. The van der Waals surface area contributed by atoms with Gasteiger partial charge in [0.1, 0.15) is 22.4 Å². The number of nitrogens with one attached hydrogen (secondary N) is 2. The van der Waals surface area contributed by atoms with E-state index in [-0.39, 0.29) is 0 Å². The Hall–Kier alpha value is -2.32. The number of amides is 1. The summed E-state index contributed by atoms with van der Waals surface area (Å²) in [6.45, 7) is 0.542. The van der Waals surface area contributed by atoms with Crippen LogP contribution in [0.5, 0.6) is 0 Å². The number of anilines is 1. The number of sulfonamides is 1. The second kappa shape index (κ2) is 8.67. The molecule has 2 aromatic rings. The van der Waals surface area contributed by atoms with E-state index in [4.69, 9.17) is 11.6 Å². The average Bonchev–Trinajstić information content (AvgIpc) is 2.91. The van der Waals surface area contributed by atoms with Crippen molar-refractivity contribution in [1.82, 2.24) is 9.29 Å². The number of rotatable bonds is 6. The molecule has 1 amide bonds. The molecule has 0 unspecified atom stereocenters. The quantitative estimate of drug-likeness (QED) is 0.584. The molecule has 2 N–H and O–H groups in total. The van der Waals surface area contributed by atoms with Crippen LogP contribution in [0.25, 0.3) is 0 Å². The first-order valence-electron chi connectivity index (χ1n) is 8.09. The largest absolute Gasteiger partial charge is 0.404 e. The molecule has 1 aromatic carbocycles. The summed E-state index contributed by atoms with van der Waals surface area (Å²) in [5.74, 6) is -4.61. The number of hydrogen-bond acceptors (Lipinski definition) is 3. The predicted octanol–water partition coefficient (Wildman–Crippen LogP) is 4.38. The molecule has 0 bridgehead atoms. The fraction of sp³-hybridized carbons (Fsp3) is 0.312. The van der Waals surface area contributed by atoms with Crippen molar-refractivity contribution < 1.29 is 43.9 Å². The van der Waals surface area contributed by atoms with Gasteiger partial charge in [-0.1, -0.05) is 11.6 Å². The van der Waals surface area contributed by atoms with Crippen molar-refractivity contribution in [3.8, 4) is 0 Å². The zero-order valence-electron chi connectivity index (χ0n) is 15.5. The Kier molecular flexibility index (Phi) is 6.97. The topological polar surface area (TPSA) is 80.2 Å². The smallest absolute Gasteiger partial charge is 0.344 e. The van der Waals surface area contributed by atoms with Gasteiger partial charge in [0, 0.05) is 13.2 Å². The van der Waals surface area contributed by atoms with Crippen molar-refractivity contribution in [3.05, 3.63) is 46.2 Å². The summed E-state index contributed by atoms with van der Waals surface area (Å²) in [4.78, 5) is 11.6. The Balaban J connectivity index is 2.41. The highest BCUT2D eigenvalue weighted by Crippen LogP contribution is 2.32. The summed E-state index contributed by atoms with van der Waals surface area (Å²) in [5, 5.41) is 1.04. The first-order valence-corrected chi connectivity index (χ1v) is 9.95. The number of carbonyl (C=O) groups is 1. The Bertz CT molecular complexity index is 1120.